The minimum absolute atomic E-state index is 0.00392. The van der Waals surface area contributed by atoms with Crippen LogP contribution in [-0.2, 0) is 51.3 Å². The highest BCUT2D eigenvalue weighted by Gasteiger charge is 2.29. The molecule has 4 rings (SSSR count). The highest BCUT2D eigenvalue weighted by Crippen LogP contribution is 2.18. The molecule has 0 aliphatic heterocycles. The van der Waals surface area contributed by atoms with Crippen LogP contribution in [-0.4, -0.2) is 133 Å². The number of hydrazine groups is 1. The van der Waals surface area contributed by atoms with E-state index in [0.717, 1.165) is 17.0 Å². The van der Waals surface area contributed by atoms with E-state index in [9.17, 15) is 73.2 Å². The minimum Gasteiger partial charge on any atom is -0.481 e. The summed E-state index contributed by atoms with van der Waals surface area (Å²) in [4.78, 5) is 141. The van der Waals surface area contributed by atoms with Crippen LogP contribution in [0.4, 0.5) is 10.6 Å². The Kier molecular flexibility index (Phi) is 22.8. The third kappa shape index (κ3) is 20.1. The number of fused-ring (bicyclic) bond motifs is 1. The lowest BCUT2D eigenvalue weighted by Gasteiger charge is -2.23. The Morgan fingerprint density at radius 2 is 1.01 bits per heavy atom. The van der Waals surface area contributed by atoms with Crippen molar-refractivity contribution in [1.29, 1.82) is 0 Å². The molecule has 0 saturated carbocycles. The Hall–Kier alpha value is -9.20. The third-order valence-corrected chi connectivity index (χ3v) is 11.4. The second-order valence-electron chi connectivity index (χ2n) is 17.0. The molecule has 0 fully saturated rings. The minimum atomic E-state index is -1.58. The van der Waals surface area contributed by atoms with Gasteiger partial charge in [0.25, 0.3) is 11.8 Å². The summed E-state index contributed by atoms with van der Waals surface area (Å²) in [5.74, 6) is -4.99. The number of nitrogens with two attached hydrogens (primary N) is 1. The molecule has 0 aliphatic rings. The Balaban J connectivity index is 1.38. The van der Waals surface area contributed by atoms with Crippen molar-refractivity contribution in [2.45, 2.75) is 101 Å². The van der Waals surface area contributed by atoms with Gasteiger partial charge in [-0.25, -0.2) is 25.2 Å². The molecule has 75 heavy (non-hydrogen) atoms. The number of nitrogens with zero attached hydrogens (tertiary/aromatic N) is 1. The van der Waals surface area contributed by atoms with Crippen LogP contribution in [0.15, 0.2) is 85.1 Å². The van der Waals surface area contributed by atoms with Gasteiger partial charge in [-0.3, -0.25) is 38.4 Å². The maximum Gasteiger partial charge on any atom is 0.326 e. The summed E-state index contributed by atoms with van der Waals surface area (Å²) < 4.78 is 0. The first-order chi connectivity index (χ1) is 35.7. The number of hydrogen-bond donors (Lipinski definition) is 14. The largest absolute Gasteiger partial charge is 0.481 e. The first kappa shape index (κ1) is 58.4. The van der Waals surface area contributed by atoms with Gasteiger partial charge >= 0.3 is 35.9 Å². The van der Waals surface area contributed by atoms with Gasteiger partial charge in [0, 0.05) is 50.5 Å². The number of pyridine rings is 1. The fourth-order valence-electron chi connectivity index (χ4n) is 7.29. The van der Waals surface area contributed by atoms with Gasteiger partial charge in [0.15, 0.2) is 0 Å². The Labute approximate surface area is 427 Å². The molecule has 26 heteroatoms. The fraction of sp³-hybridized carbons (Fsp3) is 0.347. The van der Waals surface area contributed by atoms with Crippen LogP contribution in [0.25, 0.3) is 10.8 Å². The highest BCUT2D eigenvalue weighted by molar-refractivity contribution is 5.99. The number of aliphatic carboxylic acids is 5. The lowest BCUT2D eigenvalue weighted by Crippen LogP contribution is -2.53. The number of rotatable bonds is 31. The van der Waals surface area contributed by atoms with Crippen molar-refractivity contribution in [3.8, 4) is 0 Å². The summed E-state index contributed by atoms with van der Waals surface area (Å²) in [7, 11) is 0. The average molecular weight is 1040 g/mol. The number of unbranched alkanes of at least 4 members (excludes halogenated alkanes) is 1. The Morgan fingerprint density at radius 1 is 0.493 bits per heavy atom. The van der Waals surface area contributed by atoms with Crippen LogP contribution in [0.3, 0.4) is 0 Å². The van der Waals surface area contributed by atoms with Crippen LogP contribution < -0.4 is 48.5 Å². The zero-order chi connectivity index (χ0) is 55.0. The first-order valence-corrected chi connectivity index (χ1v) is 23.4. The van der Waals surface area contributed by atoms with Crippen LogP contribution in [0, 0.1) is 0 Å². The molecule has 4 aromatic rings. The zero-order valence-electron chi connectivity index (χ0n) is 40.2. The molecular formula is C49H58N10O16. The van der Waals surface area contributed by atoms with Crippen LogP contribution in [0.5, 0.6) is 0 Å². The van der Waals surface area contributed by atoms with Gasteiger partial charge in [-0.2, -0.15) is 0 Å². The smallest absolute Gasteiger partial charge is 0.326 e. The molecule has 5 unspecified atom stereocenters. The van der Waals surface area contributed by atoms with Crippen molar-refractivity contribution in [2.24, 2.45) is 5.84 Å². The number of aromatic nitrogens is 1. The number of nitrogen functional groups attached to an aromatic ring is 1. The second kappa shape index (κ2) is 29.3. The molecule has 5 atom stereocenters. The molecule has 400 valence electrons. The topological polar surface area (TPSA) is 424 Å². The molecule has 0 saturated heterocycles. The van der Waals surface area contributed by atoms with Gasteiger partial charge in [0.2, 0.25) is 17.7 Å². The average Bonchev–Trinajstić information content (AvgIpc) is 3.38. The van der Waals surface area contributed by atoms with E-state index >= 15 is 0 Å². The number of nitrogens with one attached hydrogen (secondary N) is 8. The van der Waals surface area contributed by atoms with Crippen molar-refractivity contribution in [3.63, 3.8) is 0 Å². The summed E-state index contributed by atoms with van der Waals surface area (Å²) in [6, 6.07) is 13.5. The predicted octanol–water partition coefficient (Wildman–Crippen LogP) is 0.848. The predicted molar refractivity (Wildman–Crippen MR) is 264 cm³/mol. The zero-order valence-corrected chi connectivity index (χ0v) is 40.2. The molecule has 1 heterocycles. The maximum absolute atomic E-state index is 13.7. The second-order valence-corrected chi connectivity index (χ2v) is 17.0. The molecule has 26 nitrogen and oxygen atoms in total. The van der Waals surface area contributed by atoms with Crippen LogP contribution >= 0.6 is 0 Å². The number of carboxylic acids is 5. The SMILES string of the molecule is NNc1ccc(C(=O)NC(CCC(=O)O)C(=O)NC(CCC(=O)O)C(=O)NCc2ccc(C(=O)NC(Cc3ccc4ccccc4c3)C(=O)NCCCCC(NC(=O)NC(CCC(=O)O)C(=O)O)C(=O)O)cc2)cn1. The summed E-state index contributed by atoms with van der Waals surface area (Å²) in [5, 5.41) is 65.5. The number of carboxylic acid groups (broad SMARTS) is 5. The van der Waals surface area contributed by atoms with Gasteiger partial charge < -0.3 is 68.2 Å². The number of urea groups is 1. The first-order valence-electron chi connectivity index (χ1n) is 23.4. The normalized spacial score (nSPS) is 12.8. The van der Waals surface area contributed by atoms with Gasteiger partial charge in [-0.15, -0.1) is 0 Å². The monoisotopic (exact) mass is 1040 g/mol. The lowest BCUT2D eigenvalue weighted by molar-refractivity contribution is -0.141. The number of anilines is 1. The number of carbonyl (C=O) groups excluding carboxylic acids is 6. The molecular weight excluding hydrogens is 985 g/mol. The van der Waals surface area contributed by atoms with E-state index in [2.05, 4.69) is 47.6 Å². The number of benzene rings is 3. The Bertz CT molecular complexity index is 2700. The summed E-state index contributed by atoms with van der Waals surface area (Å²) >= 11 is 0. The standard InChI is InChI=1S/C49H58N10O16/c50-59-38-18-14-32(26-52-38)43(67)54-34(16-20-40(62)63)46(70)55-33(15-19-39(60)61)44(68)53-25-27-8-12-30(13-9-27)42(66)56-37(24-28-10-11-29-5-1-2-6-31(29)23-28)45(69)51-22-4-3-7-35(47(71)72)57-49(75)58-36(48(73)74)17-21-41(64)65/h1-2,5-6,8-14,18,23,26,33-37H,3-4,7,15-17,19-22,24-25,50H2,(H,51,69)(H,52,59)(H,53,68)(H,54,67)(H,55,70)(H,56,66)(H,60,61)(H,62,63)(H,64,65)(H,71,72)(H,73,74)(H2,57,58,75). The Morgan fingerprint density at radius 3 is 1.59 bits per heavy atom. The van der Waals surface area contributed by atoms with E-state index in [4.69, 9.17) is 10.9 Å². The molecule has 0 bridgehead atoms. The highest BCUT2D eigenvalue weighted by atomic mass is 16.4. The van der Waals surface area contributed by atoms with E-state index in [1.165, 1.54) is 36.4 Å². The van der Waals surface area contributed by atoms with E-state index < -0.39 is 121 Å². The quantitative estimate of drug-likeness (QED) is 0.0189. The van der Waals surface area contributed by atoms with E-state index in [1.807, 2.05) is 42.5 Å². The molecule has 0 spiro atoms. The van der Waals surface area contributed by atoms with Crippen molar-refractivity contribution < 1.29 is 78.3 Å². The summed E-state index contributed by atoms with van der Waals surface area (Å²) in [6.45, 7) is -0.134. The van der Waals surface area contributed by atoms with Crippen molar-refractivity contribution in [2.75, 3.05) is 12.0 Å². The van der Waals surface area contributed by atoms with Crippen LogP contribution in [0.2, 0.25) is 0 Å². The fourth-order valence-corrected chi connectivity index (χ4v) is 7.29. The van der Waals surface area contributed by atoms with E-state index in [0.29, 0.717) is 11.1 Å². The van der Waals surface area contributed by atoms with E-state index in [1.54, 1.807) is 0 Å². The molecule has 1 aromatic heterocycles. The van der Waals surface area contributed by atoms with E-state index in [-0.39, 0.29) is 68.6 Å². The number of amides is 7. The van der Waals surface area contributed by atoms with Crippen molar-refractivity contribution in [1.82, 2.24) is 42.2 Å². The molecule has 7 amide bonds. The lowest BCUT2D eigenvalue weighted by atomic mass is 10.0. The number of carbonyl (C=O) groups is 11. The van der Waals surface area contributed by atoms with Gasteiger partial charge in [-0.05, 0) is 84.7 Å². The summed E-state index contributed by atoms with van der Waals surface area (Å²) in [6.07, 6.45) is -1.35. The molecule has 0 radical (unpaired) electrons. The van der Waals surface area contributed by atoms with Crippen LogP contribution in [0.1, 0.15) is 89.6 Å². The number of hydrogen-bond acceptors (Lipinski definition) is 14. The van der Waals surface area contributed by atoms with Gasteiger partial charge in [0.1, 0.15) is 36.0 Å². The summed E-state index contributed by atoms with van der Waals surface area (Å²) in [5.41, 5.74) is 3.60. The van der Waals surface area contributed by atoms with Gasteiger partial charge in [0.05, 0.1) is 5.56 Å². The molecule has 0 aliphatic carbocycles. The van der Waals surface area contributed by atoms with Crippen molar-refractivity contribution in [3.05, 3.63) is 107 Å². The molecule has 15 N–H and O–H groups in total. The molecule has 3 aromatic carbocycles. The van der Waals surface area contributed by atoms with Gasteiger partial charge in [-0.1, -0.05) is 54.6 Å². The maximum atomic E-state index is 13.7. The van der Waals surface area contributed by atoms with Crippen molar-refractivity contribution >= 4 is 82.0 Å². The third-order valence-electron chi connectivity index (χ3n) is 11.4.